The number of piperidine rings is 1. The molecule has 0 unspecified atom stereocenters. The predicted octanol–water partition coefficient (Wildman–Crippen LogP) is 4.47. The van der Waals surface area contributed by atoms with Crippen LogP contribution >= 0.6 is 23.2 Å². The summed E-state index contributed by atoms with van der Waals surface area (Å²) < 4.78 is 31.7. The molecule has 2 aromatic rings. The number of benzene rings is 1. The number of likely N-dealkylation sites (N-methyl/N-ethyl adjacent to an activating group) is 2. The van der Waals surface area contributed by atoms with E-state index in [-0.39, 0.29) is 0 Å². The van der Waals surface area contributed by atoms with E-state index in [1.54, 1.807) is 0 Å². The molecule has 5 rings (SSSR count). The van der Waals surface area contributed by atoms with Crippen molar-refractivity contribution in [3.63, 3.8) is 0 Å². The lowest BCUT2D eigenvalue weighted by atomic mass is 9.93. The number of alkyl halides is 3. The third-order valence-corrected chi connectivity index (χ3v) is 9.16. The molecule has 238 valence electrons. The maximum Gasteiger partial charge on any atom is 0.490 e. The van der Waals surface area contributed by atoms with Crippen LogP contribution in [0.2, 0.25) is 10.0 Å². The smallest absolute Gasteiger partial charge is 0.475 e. The van der Waals surface area contributed by atoms with Gasteiger partial charge in [-0.2, -0.15) is 13.2 Å². The fourth-order valence-corrected chi connectivity index (χ4v) is 6.44. The average Bonchev–Trinajstić information content (AvgIpc) is 2.97. The molecule has 3 aliphatic rings. The minimum absolute atomic E-state index is 0.515. The third-order valence-electron chi connectivity index (χ3n) is 8.67. The topological polar surface area (TPSA) is 66.4 Å². The van der Waals surface area contributed by atoms with Crippen molar-refractivity contribution < 1.29 is 23.1 Å². The molecule has 4 heterocycles. The van der Waals surface area contributed by atoms with Gasteiger partial charge in [0.15, 0.2) is 0 Å². The third kappa shape index (κ3) is 9.92. The van der Waals surface area contributed by atoms with Gasteiger partial charge in [0.25, 0.3) is 0 Å². The first-order chi connectivity index (χ1) is 20.4. The monoisotopic (exact) mass is 644 g/mol. The number of rotatable bonds is 6. The zero-order valence-electron chi connectivity index (χ0n) is 24.7. The maximum atomic E-state index is 10.6. The molecule has 43 heavy (non-hydrogen) atoms. The van der Waals surface area contributed by atoms with Gasteiger partial charge in [0.1, 0.15) is 5.82 Å². The Kier molecular flexibility index (Phi) is 11.9. The van der Waals surface area contributed by atoms with Crippen LogP contribution in [0.25, 0.3) is 0 Å². The Balaban J connectivity index is 0.000000541. The highest BCUT2D eigenvalue weighted by molar-refractivity contribution is 6.31. The molecule has 3 fully saturated rings. The fourth-order valence-electron chi connectivity index (χ4n) is 6.16. The highest BCUT2D eigenvalue weighted by Crippen LogP contribution is 2.28. The van der Waals surface area contributed by atoms with Crippen LogP contribution < -0.4 is 4.90 Å². The molecule has 0 spiro atoms. The van der Waals surface area contributed by atoms with Crippen molar-refractivity contribution in [3.05, 3.63) is 58.2 Å². The molecule has 0 radical (unpaired) electrons. The lowest BCUT2D eigenvalue weighted by Gasteiger charge is -2.51. The van der Waals surface area contributed by atoms with E-state index in [1.807, 2.05) is 30.5 Å². The summed E-state index contributed by atoms with van der Waals surface area (Å²) in [6.07, 6.45) is 0.126. The molecule has 13 heteroatoms. The Morgan fingerprint density at radius 1 is 0.930 bits per heavy atom. The van der Waals surface area contributed by atoms with Crippen molar-refractivity contribution in [2.24, 2.45) is 0 Å². The van der Waals surface area contributed by atoms with E-state index in [0.29, 0.717) is 18.1 Å². The lowest BCUT2D eigenvalue weighted by Crippen LogP contribution is -2.64. The van der Waals surface area contributed by atoms with Gasteiger partial charge in [-0.15, -0.1) is 0 Å². The van der Waals surface area contributed by atoms with Crippen LogP contribution in [-0.2, 0) is 11.2 Å². The number of hydrogen-bond acceptors (Lipinski definition) is 7. The number of aliphatic carboxylic acids is 1. The summed E-state index contributed by atoms with van der Waals surface area (Å²) in [5.41, 5.74) is 1.38. The molecule has 2 atom stereocenters. The number of aromatic nitrogens is 1. The van der Waals surface area contributed by atoms with Crippen LogP contribution in [0.1, 0.15) is 18.4 Å². The Hall–Kier alpha value is -2.15. The van der Waals surface area contributed by atoms with E-state index in [0.717, 1.165) is 61.3 Å². The molecule has 0 saturated carbocycles. The summed E-state index contributed by atoms with van der Waals surface area (Å²) in [5.74, 6) is -1.75. The van der Waals surface area contributed by atoms with Gasteiger partial charge < -0.3 is 14.9 Å². The first-order valence-corrected chi connectivity index (χ1v) is 15.4. The average molecular weight is 646 g/mol. The number of nitrogens with zero attached hydrogens (tertiary/aromatic N) is 6. The molecule has 1 N–H and O–H groups in total. The molecule has 3 aliphatic heterocycles. The van der Waals surface area contributed by atoms with E-state index in [9.17, 15) is 13.2 Å². The van der Waals surface area contributed by atoms with Gasteiger partial charge >= 0.3 is 12.1 Å². The Bertz CT molecular complexity index is 1180. The maximum absolute atomic E-state index is 10.6. The largest absolute Gasteiger partial charge is 0.490 e. The van der Waals surface area contributed by atoms with Gasteiger partial charge in [0.2, 0.25) is 0 Å². The first kappa shape index (κ1) is 33.7. The summed E-state index contributed by atoms with van der Waals surface area (Å²) >= 11 is 12.4. The second kappa shape index (κ2) is 15.2. The molecule has 1 aromatic carbocycles. The number of halogens is 5. The summed E-state index contributed by atoms with van der Waals surface area (Å²) in [5, 5.41) is 8.70. The van der Waals surface area contributed by atoms with Crippen LogP contribution in [-0.4, -0.2) is 133 Å². The molecule has 1 aromatic heterocycles. The molecule has 0 aliphatic carbocycles. The van der Waals surface area contributed by atoms with Gasteiger partial charge in [0.05, 0.1) is 0 Å². The molecule has 0 bridgehead atoms. The number of carbonyl (C=O) groups is 1. The quantitative estimate of drug-likeness (QED) is 0.495. The van der Waals surface area contributed by atoms with E-state index < -0.39 is 12.1 Å². The van der Waals surface area contributed by atoms with E-state index in [1.165, 1.54) is 38.3 Å². The van der Waals surface area contributed by atoms with Crippen molar-refractivity contribution in [1.82, 2.24) is 24.6 Å². The van der Waals surface area contributed by atoms with Crippen LogP contribution in [0.3, 0.4) is 0 Å². The first-order valence-electron chi connectivity index (χ1n) is 14.7. The molecular formula is C30H41Cl2F3N6O2. The van der Waals surface area contributed by atoms with Crippen molar-refractivity contribution in [2.75, 3.05) is 77.9 Å². The summed E-state index contributed by atoms with van der Waals surface area (Å²) in [7, 11) is 4.57. The fraction of sp³-hybridized carbons (Fsp3) is 0.600. The van der Waals surface area contributed by atoms with Gasteiger partial charge in [-0.3, -0.25) is 14.7 Å². The van der Waals surface area contributed by atoms with Crippen molar-refractivity contribution in [1.29, 1.82) is 0 Å². The van der Waals surface area contributed by atoms with Crippen LogP contribution in [0.5, 0.6) is 0 Å². The summed E-state index contributed by atoms with van der Waals surface area (Å²) in [6, 6.07) is 14.0. The van der Waals surface area contributed by atoms with Crippen LogP contribution in [0.15, 0.2) is 42.6 Å². The zero-order valence-corrected chi connectivity index (χ0v) is 26.2. The van der Waals surface area contributed by atoms with Crippen molar-refractivity contribution >= 4 is 35.0 Å². The van der Waals surface area contributed by atoms with Gasteiger partial charge in [-0.05, 0) is 63.2 Å². The number of pyridine rings is 1. The molecule has 8 nitrogen and oxygen atoms in total. The molecule has 0 amide bonds. The SMILES string of the molecule is CN1CCN(C[C@H]2CN(C3CCN(c4cc(Cl)ccn4)CC3)[C@@H](Cc3ccc(Cl)cc3)CN2C)CC1.O=C(O)C(F)(F)F. The lowest BCUT2D eigenvalue weighted by molar-refractivity contribution is -0.192. The number of anilines is 1. The van der Waals surface area contributed by atoms with Gasteiger partial charge in [0, 0.05) is 93.3 Å². The number of piperazine rings is 2. The second-order valence-electron chi connectivity index (χ2n) is 11.7. The minimum Gasteiger partial charge on any atom is -0.475 e. The Morgan fingerprint density at radius 3 is 2.14 bits per heavy atom. The number of hydrogen-bond donors (Lipinski definition) is 1. The van der Waals surface area contributed by atoms with E-state index in [2.05, 4.69) is 55.7 Å². The van der Waals surface area contributed by atoms with Crippen molar-refractivity contribution in [3.8, 4) is 0 Å². The van der Waals surface area contributed by atoms with E-state index in [4.69, 9.17) is 33.1 Å². The summed E-state index contributed by atoms with van der Waals surface area (Å²) in [6.45, 7) is 10.2. The molecule has 3 saturated heterocycles. The number of carboxylic acid groups (broad SMARTS) is 1. The Labute approximate surface area is 261 Å². The van der Waals surface area contributed by atoms with Gasteiger partial charge in [-0.25, -0.2) is 9.78 Å². The van der Waals surface area contributed by atoms with Crippen molar-refractivity contribution in [2.45, 2.75) is 43.6 Å². The second-order valence-corrected chi connectivity index (χ2v) is 12.6. The highest BCUT2D eigenvalue weighted by atomic mass is 35.5. The molecular weight excluding hydrogens is 604 g/mol. The van der Waals surface area contributed by atoms with Crippen LogP contribution in [0.4, 0.5) is 19.0 Å². The summed E-state index contributed by atoms with van der Waals surface area (Å²) in [4.78, 5) is 26.5. The zero-order chi connectivity index (χ0) is 31.1. The minimum atomic E-state index is -5.08. The normalized spacial score (nSPS) is 23.6. The van der Waals surface area contributed by atoms with E-state index >= 15 is 0 Å². The van der Waals surface area contributed by atoms with Gasteiger partial charge in [-0.1, -0.05) is 35.3 Å². The standard InChI is InChI=1S/C28H40Cl2N6.C2HF3O2/c1-32-13-15-34(16-14-32)20-27-21-36(26(19-33(27)2)17-22-3-5-23(29)6-4-22)25-8-11-35(12-9-25)28-18-24(30)7-10-31-28;3-2(4,5)1(6)7/h3-7,10,18,25-27H,8-9,11-17,19-21H2,1-2H3;(H,6,7)/t26-,27-;/m0./s1. The highest BCUT2D eigenvalue weighted by Gasteiger charge is 2.39. The Morgan fingerprint density at radius 2 is 1.56 bits per heavy atom. The van der Waals surface area contributed by atoms with Crippen LogP contribution in [0, 0.1) is 0 Å². The predicted molar refractivity (Wildman–Crippen MR) is 164 cm³/mol. The number of carboxylic acids is 1.